The minimum absolute atomic E-state index is 0.314. The van der Waals surface area contributed by atoms with E-state index in [0.717, 1.165) is 16.1 Å². The number of rotatable bonds is 3. The summed E-state index contributed by atoms with van der Waals surface area (Å²) in [4.78, 5) is 25.1. The lowest BCUT2D eigenvalue weighted by Gasteiger charge is -2.04. The highest BCUT2D eigenvalue weighted by Crippen LogP contribution is 2.33. The molecule has 0 aliphatic carbocycles. The Morgan fingerprint density at radius 3 is 2.52 bits per heavy atom. The van der Waals surface area contributed by atoms with Crippen LogP contribution in [0.25, 0.3) is 0 Å². The number of thiophene rings is 1. The van der Waals surface area contributed by atoms with Crippen LogP contribution in [0.5, 0.6) is 0 Å². The molecule has 0 spiro atoms. The highest BCUT2D eigenvalue weighted by molar-refractivity contribution is 7.16. The lowest BCUT2D eigenvalue weighted by atomic mass is 10.1. The van der Waals surface area contributed by atoms with Gasteiger partial charge in [-0.3, -0.25) is 9.48 Å². The topological polar surface area (TPSA) is 73.2 Å². The summed E-state index contributed by atoms with van der Waals surface area (Å²) >= 11 is 1.35. The Hall–Kier alpha value is -2.15. The van der Waals surface area contributed by atoms with Crippen molar-refractivity contribution in [2.75, 3.05) is 12.4 Å². The van der Waals surface area contributed by atoms with E-state index in [2.05, 4.69) is 10.4 Å². The molecule has 1 N–H and O–H groups in total. The Kier molecular flexibility index (Phi) is 4.13. The number of carbonyl (C=O) groups is 2. The molecule has 2 aromatic heterocycles. The molecule has 6 nitrogen and oxygen atoms in total. The van der Waals surface area contributed by atoms with Crippen molar-refractivity contribution >= 4 is 28.2 Å². The maximum Gasteiger partial charge on any atom is 0.341 e. The second-order valence-electron chi connectivity index (χ2n) is 4.73. The van der Waals surface area contributed by atoms with E-state index in [4.69, 9.17) is 4.74 Å². The molecular weight excluding hydrogens is 290 g/mol. The third kappa shape index (κ3) is 2.82. The summed E-state index contributed by atoms with van der Waals surface area (Å²) in [6.07, 6.45) is 0. The third-order valence-electron chi connectivity index (χ3n) is 3.35. The van der Waals surface area contributed by atoms with Gasteiger partial charge in [0.05, 0.1) is 12.7 Å². The van der Waals surface area contributed by atoms with Gasteiger partial charge in [0.1, 0.15) is 5.00 Å². The molecule has 0 radical (unpaired) electrons. The smallest absolute Gasteiger partial charge is 0.341 e. The third-order valence-corrected chi connectivity index (χ3v) is 4.47. The van der Waals surface area contributed by atoms with Gasteiger partial charge in [-0.05, 0) is 32.4 Å². The van der Waals surface area contributed by atoms with E-state index in [9.17, 15) is 9.59 Å². The van der Waals surface area contributed by atoms with Crippen LogP contribution >= 0.6 is 11.3 Å². The van der Waals surface area contributed by atoms with Crippen LogP contribution in [0.2, 0.25) is 0 Å². The van der Waals surface area contributed by atoms with Gasteiger partial charge in [-0.15, -0.1) is 11.3 Å². The first kappa shape index (κ1) is 15.2. The molecule has 0 saturated carbocycles. The van der Waals surface area contributed by atoms with E-state index in [1.807, 2.05) is 20.8 Å². The fourth-order valence-corrected chi connectivity index (χ4v) is 2.95. The maximum atomic E-state index is 12.2. The van der Waals surface area contributed by atoms with Crippen LogP contribution in [0, 0.1) is 20.8 Å². The van der Waals surface area contributed by atoms with E-state index in [1.165, 1.54) is 18.4 Å². The molecule has 2 rings (SSSR count). The number of hydrogen-bond donors (Lipinski definition) is 1. The molecule has 0 saturated heterocycles. The SMILES string of the molecule is COC(=O)c1c(NC(=O)c2cc(C)n(C)n2)sc(C)c1C. The molecule has 0 aromatic carbocycles. The van der Waals surface area contributed by atoms with Crippen LogP contribution in [-0.4, -0.2) is 28.8 Å². The van der Waals surface area contributed by atoms with Crippen LogP contribution < -0.4 is 5.32 Å². The highest BCUT2D eigenvalue weighted by Gasteiger charge is 2.22. The van der Waals surface area contributed by atoms with E-state index < -0.39 is 5.97 Å². The predicted octanol–water partition coefficient (Wildman–Crippen LogP) is 2.45. The number of anilines is 1. The predicted molar refractivity (Wildman–Crippen MR) is 81.0 cm³/mol. The van der Waals surface area contributed by atoms with Gasteiger partial charge in [0.25, 0.3) is 5.91 Å². The molecule has 0 aliphatic rings. The van der Waals surface area contributed by atoms with Crippen LogP contribution in [-0.2, 0) is 11.8 Å². The number of ether oxygens (including phenoxy) is 1. The molecular formula is C14H17N3O3S. The Morgan fingerprint density at radius 1 is 1.33 bits per heavy atom. The second-order valence-corrected chi connectivity index (χ2v) is 5.95. The van der Waals surface area contributed by atoms with Crippen LogP contribution in [0.1, 0.15) is 37.0 Å². The zero-order valence-corrected chi connectivity index (χ0v) is 13.4. The first-order chi connectivity index (χ1) is 9.85. The van der Waals surface area contributed by atoms with E-state index in [1.54, 1.807) is 17.8 Å². The number of hydrogen-bond acceptors (Lipinski definition) is 5. The fourth-order valence-electron chi connectivity index (χ4n) is 1.90. The summed E-state index contributed by atoms with van der Waals surface area (Å²) in [6, 6.07) is 1.69. The summed E-state index contributed by atoms with van der Waals surface area (Å²) in [5.41, 5.74) is 2.42. The fraction of sp³-hybridized carbons (Fsp3) is 0.357. The lowest BCUT2D eigenvalue weighted by Crippen LogP contribution is -2.15. The van der Waals surface area contributed by atoms with Gasteiger partial charge in [-0.25, -0.2) is 4.79 Å². The molecule has 1 amide bonds. The summed E-state index contributed by atoms with van der Waals surface area (Å²) < 4.78 is 6.40. The number of aromatic nitrogens is 2. The number of carbonyl (C=O) groups excluding carboxylic acids is 2. The molecule has 2 heterocycles. The molecule has 0 bridgehead atoms. The van der Waals surface area contributed by atoms with Crippen LogP contribution in [0.15, 0.2) is 6.07 Å². The van der Waals surface area contributed by atoms with Gasteiger partial charge < -0.3 is 10.1 Å². The molecule has 0 unspecified atom stereocenters. The second kappa shape index (κ2) is 5.69. The van der Waals surface area contributed by atoms with Crippen LogP contribution in [0.3, 0.4) is 0 Å². The van der Waals surface area contributed by atoms with Gasteiger partial charge in [0, 0.05) is 17.6 Å². The van der Waals surface area contributed by atoms with E-state index in [-0.39, 0.29) is 5.91 Å². The van der Waals surface area contributed by atoms with Gasteiger partial charge in [-0.2, -0.15) is 5.10 Å². The Labute approximate surface area is 126 Å². The zero-order chi connectivity index (χ0) is 15.7. The van der Waals surface area contributed by atoms with Gasteiger partial charge in [-0.1, -0.05) is 0 Å². The standard InChI is InChI=1S/C14H17N3O3S/c1-7-6-10(16-17(7)4)12(18)15-13-11(14(19)20-5)8(2)9(3)21-13/h6H,1-5H3,(H,15,18). The molecule has 112 valence electrons. The average Bonchev–Trinajstić information content (AvgIpc) is 2.91. The Balaban J connectivity index is 2.33. The highest BCUT2D eigenvalue weighted by atomic mass is 32.1. The van der Waals surface area contributed by atoms with Gasteiger partial charge >= 0.3 is 5.97 Å². The van der Waals surface area contributed by atoms with Crippen molar-refractivity contribution < 1.29 is 14.3 Å². The van der Waals surface area contributed by atoms with Crippen molar-refractivity contribution in [3.05, 3.63) is 33.5 Å². The quantitative estimate of drug-likeness (QED) is 0.884. The summed E-state index contributed by atoms with van der Waals surface area (Å²) in [5, 5.41) is 7.36. The molecule has 0 fully saturated rings. The number of esters is 1. The summed E-state index contributed by atoms with van der Waals surface area (Å²) in [7, 11) is 3.09. The number of amides is 1. The minimum Gasteiger partial charge on any atom is -0.465 e. The maximum absolute atomic E-state index is 12.2. The molecule has 21 heavy (non-hydrogen) atoms. The monoisotopic (exact) mass is 307 g/mol. The number of nitrogens with zero attached hydrogens (tertiary/aromatic N) is 2. The molecule has 2 aromatic rings. The van der Waals surface area contributed by atoms with Crippen molar-refractivity contribution in [1.29, 1.82) is 0 Å². The van der Waals surface area contributed by atoms with Gasteiger partial charge in [0.2, 0.25) is 0 Å². The first-order valence-corrected chi connectivity index (χ1v) is 7.17. The molecule has 0 aliphatic heterocycles. The summed E-state index contributed by atoms with van der Waals surface area (Å²) in [6.45, 7) is 5.59. The van der Waals surface area contributed by atoms with Gasteiger partial charge in [0.15, 0.2) is 5.69 Å². The lowest BCUT2D eigenvalue weighted by molar-refractivity contribution is 0.0601. The number of aryl methyl sites for hydroxylation is 3. The summed E-state index contributed by atoms with van der Waals surface area (Å²) in [5.74, 6) is -0.797. The van der Waals surface area contributed by atoms with Crippen molar-refractivity contribution in [2.45, 2.75) is 20.8 Å². The largest absolute Gasteiger partial charge is 0.465 e. The Bertz CT molecular complexity index is 696. The van der Waals surface area contributed by atoms with Crippen molar-refractivity contribution in [2.24, 2.45) is 7.05 Å². The van der Waals surface area contributed by atoms with Crippen molar-refractivity contribution in [3.63, 3.8) is 0 Å². The van der Waals surface area contributed by atoms with E-state index >= 15 is 0 Å². The molecule has 0 atom stereocenters. The minimum atomic E-state index is -0.454. The van der Waals surface area contributed by atoms with Crippen molar-refractivity contribution in [3.8, 4) is 0 Å². The van der Waals surface area contributed by atoms with Crippen molar-refractivity contribution in [1.82, 2.24) is 9.78 Å². The van der Waals surface area contributed by atoms with Crippen LogP contribution in [0.4, 0.5) is 5.00 Å². The number of nitrogens with one attached hydrogen (secondary N) is 1. The Morgan fingerprint density at radius 2 is 2.00 bits per heavy atom. The number of methoxy groups -OCH3 is 1. The molecule has 7 heteroatoms. The zero-order valence-electron chi connectivity index (χ0n) is 12.6. The van der Waals surface area contributed by atoms with E-state index in [0.29, 0.717) is 16.3 Å². The first-order valence-electron chi connectivity index (χ1n) is 6.35. The average molecular weight is 307 g/mol. The normalized spacial score (nSPS) is 10.5.